The Hall–Kier alpha value is -1.64. The monoisotopic (exact) mass is 176 g/mol. The maximum atomic E-state index is 11.0. The van der Waals surface area contributed by atoms with E-state index in [1.807, 2.05) is 18.2 Å². The molecule has 0 aliphatic rings. The molecule has 0 saturated heterocycles. The molecule has 0 aromatic carbocycles. The lowest BCUT2D eigenvalue weighted by Crippen LogP contribution is -2.20. The second-order valence-electron chi connectivity index (χ2n) is 2.54. The number of carbonyl (C=O) groups excluding carboxylic acids is 1. The third-order valence-corrected chi connectivity index (χ3v) is 1.49. The van der Waals surface area contributed by atoms with Crippen LogP contribution in [0.5, 0.6) is 0 Å². The van der Waals surface area contributed by atoms with E-state index in [9.17, 15) is 4.79 Å². The highest BCUT2D eigenvalue weighted by Gasteiger charge is 1.95. The highest BCUT2D eigenvalue weighted by atomic mass is 16.1. The van der Waals surface area contributed by atoms with Crippen LogP contribution in [0.3, 0.4) is 0 Å². The van der Waals surface area contributed by atoms with Crippen molar-refractivity contribution < 1.29 is 4.79 Å². The fraction of sp³-hybridized carbons (Fsp3) is 0.200. The molecule has 0 aliphatic carbocycles. The van der Waals surface area contributed by atoms with Crippen molar-refractivity contribution in [2.24, 2.45) is 0 Å². The summed E-state index contributed by atoms with van der Waals surface area (Å²) in [5.41, 5.74) is 0.861. The predicted octanol–water partition coefficient (Wildman–Crippen LogP) is 1.27. The highest BCUT2D eigenvalue weighted by Crippen LogP contribution is 1.91. The van der Waals surface area contributed by atoms with Gasteiger partial charge in [0.15, 0.2) is 0 Å². The smallest absolute Gasteiger partial charge is 0.243 e. The first-order valence-corrected chi connectivity index (χ1v) is 4.13. The normalized spacial score (nSPS) is 10.2. The zero-order valence-electron chi connectivity index (χ0n) is 7.53. The lowest BCUT2D eigenvalue weighted by atomic mass is 10.3. The summed E-state index contributed by atoms with van der Waals surface area (Å²) in [4.78, 5) is 15.1. The molecule has 1 heterocycles. The Kier molecular flexibility index (Phi) is 3.70. The minimum absolute atomic E-state index is 0.0897. The molecule has 1 aromatic heterocycles. The molecule has 0 unspecified atom stereocenters. The van der Waals surface area contributed by atoms with Crippen molar-refractivity contribution in [1.29, 1.82) is 0 Å². The summed E-state index contributed by atoms with van der Waals surface area (Å²) < 4.78 is 0. The van der Waals surface area contributed by atoms with E-state index in [1.54, 1.807) is 19.2 Å². The first-order valence-electron chi connectivity index (χ1n) is 4.13. The fourth-order valence-electron chi connectivity index (χ4n) is 0.891. The highest BCUT2D eigenvalue weighted by molar-refractivity contribution is 5.87. The van der Waals surface area contributed by atoms with Crippen LogP contribution in [-0.2, 0) is 11.3 Å². The van der Waals surface area contributed by atoms with Crippen molar-refractivity contribution in [3.05, 3.63) is 42.2 Å². The number of hydrogen-bond donors (Lipinski definition) is 1. The van der Waals surface area contributed by atoms with Crippen LogP contribution < -0.4 is 5.32 Å². The van der Waals surface area contributed by atoms with Gasteiger partial charge in [0.05, 0.1) is 12.2 Å². The van der Waals surface area contributed by atoms with Gasteiger partial charge in [-0.1, -0.05) is 12.1 Å². The van der Waals surface area contributed by atoms with Crippen LogP contribution in [0.15, 0.2) is 36.5 Å². The van der Waals surface area contributed by atoms with Gasteiger partial charge in [0, 0.05) is 6.20 Å². The second kappa shape index (κ2) is 5.09. The molecule has 1 aromatic rings. The molecule has 3 heteroatoms. The number of allylic oxidation sites excluding steroid dienone is 1. The van der Waals surface area contributed by atoms with Crippen LogP contribution in [0, 0.1) is 0 Å². The molecule has 1 rings (SSSR count). The van der Waals surface area contributed by atoms with E-state index in [4.69, 9.17) is 0 Å². The van der Waals surface area contributed by atoms with Gasteiger partial charge in [-0.3, -0.25) is 9.78 Å². The van der Waals surface area contributed by atoms with Crippen LogP contribution in [0.4, 0.5) is 0 Å². The number of amides is 1. The molecule has 1 amide bonds. The molecular weight excluding hydrogens is 164 g/mol. The Bertz CT molecular complexity index is 293. The summed E-state index contributed by atoms with van der Waals surface area (Å²) in [7, 11) is 0. The van der Waals surface area contributed by atoms with E-state index in [2.05, 4.69) is 10.3 Å². The second-order valence-corrected chi connectivity index (χ2v) is 2.54. The Morgan fingerprint density at radius 2 is 2.46 bits per heavy atom. The summed E-state index contributed by atoms with van der Waals surface area (Å²) in [5.74, 6) is -0.0897. The SMILES string of the molecule is CC=CC(=O)NCc1ccccn1. The topological polar surface area (TPSA) is 42.0 Å². The molecule has 13 heavy (non-hydrogen) atoms. The van der Waals surface area contributed by atoms with Gasteiger partial charge in [0.2, 0.25) is 5.91 Å². The molecule has 0 atom stereocenters. The maximum Gasteiger partial charge on any atom is 0.243 e. The van der Waals surface area contributed by atoms with Crippen LogP contribution in [0.25, 0.3) is 0 Å². The van der Waals surface area contributed by atoms with E-state index < -0.39 is 0 Å². The average Bonchev–Trinajstić information content (AvgIpc) is 2.17. The number of pyridine rings is 1. The number of nitrogens with one attached hydrogen (secondary N) is 1. The van der Waals surface area contributed by atoms with E-state index in [-0.39, 0.29) is 5.91 Å². The van der Waals surface area contributed by atoms with Gasteiger partial charge in [-0.15, -0.1) is 0 Å². The molecule has 0 radical (unpaired) electrons. The first-order chi connectivity index (χ1) is 6.33. The van der Waals surface area contributed by atoms with Crippen LogP contribution in [0.1, 0.15) is 12.6 Å². The van der Waals surface area contributed by atoms with Gasteiger partial charge in [0.1, 0.15) is 0 Å². The molecule has 0 spiro atoms. The zero-order valence-corrected chi connectivity index (χ0v) is 7.53. The Morgan fingerprint density at radius 1 is 1.62 bits per heavy atom. The molecular formula is C10H12N2O. The summed E-state index contributed by atoms with van der Waals surface area (Å²) in [6.45, 7) is 2.28. The first kappa shape index (κ1) is 9.45. The average molecular weight is 176 g/mol. The number of nitrogens with zero attached hydrogens (tertiary/aromatic N) is 1. The lowest BCUT2D eigenvalue weighted by Gasteiger charge is -2.00. The van der Waals surface area contributed by atoms with Gasteiger partial charge in [-0.05, 0) is 25.1 Å². The van der Waals surface area contributed by atoms with Gasteiger partial charge in [-0.25, -0.2) is 0 Å². The molecule has 68 valence electrons. The fourth-order valence-corrected chi connectivity index (χ4v) is 0.891. The van der Waals surface area contributed by atoms with Crippen LogP contribution >= 0.6 is 0 Å². The van der Waals surface area contributed by atoms with Crippen molar-refractivity contribution in [3.63, 3.8) is 0 Å². The van der Waals surface area contributed by atoms with Crippen molar-refractivity contribution in [1.82, 2.24) is 10.3 Å². The van der Waals surface area contributed by atoms with E-state index in [0.29, 0.717) is 6.54 Å². The standard InChI is InChI=1S/C10H12N2O/c1-2-5-10(13)12-8-9-6-3-4-7-11-9/h2-7H,8H2,1H3,(H,12,13). The molecule has 1 N–H and O–H groups in total. The Morgan fingerprint density at radius 3 is 3.08 bits per heavy atom. The zero-order chi connectivity index (χ0) is 9.52. The van der Waals surface area contributed by atoms with Crippen molar-refractivity contribution >= 4 is 5.91 Å². The van der Waals surface area contributed by atoms with Gasteiger partial charge in [-0.2, -0.15) is 0 Å². The summed E-state index contributed by atoms with van der Waals surface area (Å²) in [5, 5.41) is 2.71. The number of aromatic nitrogens is 1. The van der Waals surface area contributed by atoms with E-state index >= 15 is 0 Å². The number of rotatable bonds is 3. The minimum atomic E-state index is -0.0897. The minimum Gasteiger partial charge on any atom is -0.347 e. The molecule has 3 nitrogen and oxygen atoms in total. The summed E-state index contributed by atoms with van der Waals surface area (Å²) in [6.07, 6.45) is 4.90. The lowest BCUT2D eigenvalue weighted by molar-refractivity contribution is -0.116. The van der Waals surface area contributed by atoms with Crippen LogP contribution in [0.2, 0.25) is 0 Å². The number of hydrogen-bond acceptors (Lipinski definition) is 2. The van der Waals surface area contributed by atoms with Gasteiger partial charge < -0.3 is 5.32 Å². The van der Waals surface area contributed by atoms with Crippen molar-refractivity contribution in [2.75, 3.05) is 0 Å². The molecule has 0 fully saturated rings. The largest absolute Gasteiger partial charge is 0.347 e. The molecule has 0 aliphatic heterocycles. The summed E-state index contributed by atoms with van der Waals surface area (Å²) >= 11 is 0. The third-order valence-electron chi connectivity index (χ3n) is 1.49. The molecule has 0 saturated carbocycles. The predicted molar refractivity (Wildman–Crippen MR) is 50.9 cm³/mol. The quantitative estimate of drug-likeness (QED) is 0.705. The maximum absolute atomic E-state index is 11.0. The Balaban J connectivity index is 2.40. The van der Waals surface area contributed by atoms with Gasteiger partial charge in [0.25, 0.3) is 0 Å². The van der Waals surface area contributed by atoms with Crippen molar-refractivity contribution in [2.45, 2.75) is 13.5 Å². The third kappa shape index (κ3) is 3.51. The van der Waals surface area contributed by atoms with Gasteiger partial charge >= 0.3 is 0 Å². The Labute approximate surface area is 77.5 Å². The van der Waals surface area contributed by atoms with E-state index in [1.165, 1.54) is 6.08 Å². The molecule has 0 bridgehead atoms. The van der Waals surface area contributed by atoms with Crippen LogP contribution in [-0.4, -0.2) is 10.9 Å². The van der Waals surface area contributed by atoms with Crippen molar-refractivity contribution in [3.8, 4) is 0 Å². The van der Waals surface area contributed by atoms with E-state index in [0.717, 1.165) is 5.69 Å². The number of carbonyl (C=O) groups is 1. The summed E-state index contributed by atoms with van der Waals surface area (Å²) in [6, 6.07) is 5.61.